The molecule has 6 heteroatoms. The van der Waals surface area contributed by atoms with Gasteiger partial charge in [-0.2, -0.15) is 0 Å². The third-order valence-electron chi connectivity index (χ3n) is 4.32. The van der Waals surface area contributed by atoms with Gasteiger partial charge in [-0.15, -0.1) is 0 Å². The normalized spacial score (nSPS) is 21.7. The molecule has 0 aliphatic carbocycles. The number of hydrogen-bond donors (Lipinski definition) is 0. The number of hydrogen-bond acceptors (Lipinski definition) is 4. The van der Waals surface area contributed by atoms with Crippen LogP contribution in [0, 0.1) is 5.92 Å². The number of morpholine rings is 1. The van der Waals surface area contributed by atoms with Crippen LogP contribution in [0.25, 0.3) is 0 Å². The van der Waals surface area contributed by atoms with Gasteiger partial charge in [0.1, 0.15) is 5.82 Å². The van der Waals surface area contributed by atoms with Gasteiger partial charge in [-0.1, -0.05) is 23.2 Å². The van der Waals surface area contributed by atoms with Crippen LogP contribution in [0.1, 0.15) is 12.8 Å². The van der Waals surface area contributed by atoms with E-state index in [-0.39, 0.29) is 0 Å². The summed E-state index contributed by atoms with van der Waals surface area (Å²) in [5, 5.41) is 1.24. The third kappa shape index (κ3) is 4.01. The molecule has 1 aromatic heterocycles. The Hall–Kier alpha value is -0.550. The van der Waals surface area contributed by atoms with Gasteiger partial charge in [-0.05, 0) is 24.8 Å². The second-order valence-electron chi connectivity index (χ2n) is 5.80. The first-order valence-electron chi connectivity index (χ1n) is 7.58. The number of rotatable bonds is 3. The second kappa shape index (κ2) is 7.14. The van der Waals surface area contributed by atoms with Gasteiger partial charge in [0.2, 0.25) is 0 Å². The van der Waals surface area contributed by atoms with E-state index in [9.17, 15) is 0 Å². The molecular weight excluding hydrogens is 309 g/mol. The van der Waals surface area contributed by atoms with E-state index in [0.717, 1.165) is 51.1 Å². The largest absolute Gasteiger partial charge is 0.379 e. The van der Waals surface area contributed by atoms with Crippen LogP contribution >= 0.6 is 23.2 Å². The Balaban J connectivity index is 1.52. The van der Waals surface area contributed by atoms with Crippen molar-refractivity contribution in [2.24, 2.45) is 5.92 Å². The minimum atomic E-state index is 0.589. The molecule has 0 bridgehead atoms. The number of ether oxygens (including phenoxy) is 1. The predicted octanol–water partition coefficient (Wildman–Crippen LogP) is 2.94. The SMILES string of the molecule is Clc1cnc(N2CCC(CN3CCOCC3)CC2)c(Cl)c1. The van der Waals surface area contributed by atoms with Crippen LogP contribution in [0.2, 0.25) is 10.0 Å². The Morgan fingerprint density at radius 2 is 1.86 bits per heavy atom. The Morgan fingerprint density at radius 3 is 2.52 bits per heavy atom. The lowest BCUT2D eigenvalue weighted by Crippen LogP contribution is -2.43. The number of piperidine rings is 1. The van der Waals surface area contributed by atoms with E-state index in [2.05, 4.69) is 14.8 Å². The van der Waals surface area contributed by atoms with Crippen LogP contribution in [-0.4, -0.2) is 55.8 Å². The minimum absolute atomic E-state index is 0.589. The maximum Gasteiger partial charge on any atom is 0.147 e. The van der Waals surface area contributed by atoms with Crippen molar-refractivity contribution in [3.05, 3.63) is 22.3 Å². The van der Waals surface area contributed by atoms with Gasteiger partial charge in [0.05, 0.1) is 23.3 Å². The predicted molar refractivity (Wildman–Crippen MR) is 86.5 cm³/mol. The molecule has 2 fully saturated rings. The molecule has 4 nitrogen and oxygen atoms in total. The number of halogens is 2. The average molecular weight is 330 g/mol. The molecule has 2 aliphatic heterocycles. The fourth-order valence-corrected chi connectivity index (χ4v) is 3.62. The lowest BCUT2D eigenvalue weighted by atomic mass is 9.96. The first-order chi connectivity index (χ1) is 10.2. The quantitative estimate of drug-likeness (QED) is 0.852. The summed E-state index contributed by atoms with van der Waals surface area (Å²) in [5.41, 5.74) is 0. The zero-order chi connectivity index (χ0) is 14.7. The topological polar surface area (TPSA) is 28.6 Å². The van der Waals surface area contributed by atoms with E-state index in [1.807, 2.05) is 0 Å². The van der Waals surface area contributed by atoms with Crippen LogP contribution in [-0.2, 0) is 4.74 Å². The van der Waals surface area contributed by atoms with E-state index >= 15 is 0 Å². The summed E-state index contributed by atoms with van der Waals surface area (Å²) >= 11 is 12.2. The summed E-state index contributed by atoms with van der Waals surface area (Å²) in [4.78, 5) is 9.17. The minimum Gasteiger partial charge on any atom is -0.379 e. The monoisotopic (exact) mass is 329 g/mol. The molecule has 0 radical (unpaired) electrons. The molecule has 0 atom stereocenters. The van der Waals surface area contributed by atoms with Crippen LogP contribution < -0.4 is 4.90 Å². The summed E-state index contributed by atoms with van der Waals surface area (Å²) in [7, 11) is 0. The van der Waals surface area contributed by atoms with Gasteiger partial charge in [0, 0.05) is 38.9 Å². The van der Waals surface area contributed by atoms with Gasteiger partial charge < -0.3 is 9.64 Å². The third-order valence-corrected chi connectivity index (χ3v) is 4.81. The van der Waals surface area contributed by atoms with Crippen molar-refractivity contribution in [3.63, 3.8) is 0 Å². The average Bonchev–Trinajstić information content (AvgIpc) is 2.49. The maximum absolute atomic E-state index is 6.24. The highest BCUT2D eigenvalue weighted by Gasteiger charge is 2.24. The highest BCUT2D eigenvalue weighted by Crippen LogP contribution is 2.29. The van der Waals surface area contributed by atoms with E-state index in [0.29, 0.717) is 10.0 Å². The zero-order valence-corrected chi connectivity index (χ0v) is 13.6. The van der Waals surface area contributed by atoms with Crippen molar-refractivity contribution in [3.8, 4) is 0 Å². The number of nitrogens with zero attached hydrogens (tertiary/aromatic N) is 3. The lowest BCUT2D eigenvalue weighted by Gasteiger charge is -2.36. The fraction of sp³-hybridized carbons (Fsp3) is 0.667. The lowest BCUT2D eigenvalue weighted by molar-refractivity contribution is 0.0289. The molecule has 0 spiro atoms. The van der Waals surface area contributed by atoms with Crippen molar-refractivity contribution in [1.29, 1.82) is 0 Å². The number of pyridine rings is 1. The molecule has 21 heavy (non-hydrogen) atoms. The summed E-state index contributed by atoms with van der Waals surface area (Å²) in [6, 6.07) is 1.77. The molecule has 0 saturated carbocycles. The summed E-state index contributed by atoms with van der Waals surface area (Å²) in [6.07, 6.45) is 4.05. The number of anilines is 1. The van der Waals surface area contributed by atoms with Crippen LogP contribution in [0.4, 0.5) is 5.82 Å². The first kappa shape index (κ1) is 15.3. The van der Waals surface area contributed by atoms with Gasteiger partial charge in [-0.3, -0.25) is 4.90 Å². The molecule has 3 heterocycles. The molecule has 3 rings (SSSR count). The molecule has 0 aromatic carbocycles. The molecule has 116 valence electrons. The van der Waals surface area contributed by atoms with E-state index in [4.69, 9.17) is 27.9 Å². The van der Waals surface area contributed by atoms with Crippen molar-refractivity contribution >= 4 is 29.0 Å². The van der Waals surface area contributed by atoms with Crippen molar-refractivity contribution in [2.75, 3.05) is 50.8 Å². The van der Waals surface area contributed by atoms with Gasteiger partial charge in [0.25, 0.3) is 0 Å². The second-order valence-corrected chi connectivity index (χ2v) is 6.65. The molecule has 2 aliphatic rings. The van der Waals surface area contributed by atoms with Crippen LogP contribution in [0.3, 0.4) is 0 Å². The van der Waals surface area contributed by atoms with Crippen molar-refractivity contribution < 1.29 is 4.74 Å². The van der Waals surface area contributed by atoms with Gasteiger partial charge in [-0.25, -0.2) is 4.98 Å². The van der Waals surface area contributed by atoms with E-state index < -0.39 is 0 Å². The first-order valence-corrected chi connectivity index (χ1v) is 8.34. The summed E-state index contributed by atoms with van der Waals surface area (Å²) in [6.45, 7) is 7.13. The maximum atomic E-state index is 6.24. The molecule has 0 unspecified atom stereocenters. The molecule has 1 aromatic rings. The van der Waals surface area contributed by atoms with Crippen molar-refractivity contribution in [1.82, 2.24) is 9.88 Å². The Morgan fingerprint density at radius 1 is 1.14 bits per heavy atom. The molecular formula is C15H21Cl2N3O. The summed E-state index contributed by atoms with van der Waals surface area (Å²) in [5.74, 6) is 1.64. The Kier molecular flexibility index (Phi) is 5.22. The highest BCUT2D eigenvalue weighted by molar-refractivity contribution is 6.36. The van der Waals surface area contributed by atoms with Crippen molar-refractivity contribution in [2.45, 2.75) is 12.8 Å². The Labute approximate surface area is 136 Å². The van der Waals surface area contributed by atoms with Gasteiger partial charge >= 0.3 is 0 Å². The van der Waals surface area contributed by atoms with Crippen LogP contribution in [0.15, 0.2) is 12.3 Å². The van der Waals surface area contributed by atoms with Crippen LogP contribution in [0.5, 0.6) is 0 Å². The van der Waals surface area contributed by atoms with E-state index in [1.54, 1.807) is 12.3 Å². The Bertz CT molecular complexity index is 472. The smallest absolute Gasteiger partial charge is 0.147 e. The van der Waals surface area contributed by atoms with E-state index in [1.165, 1.54) is 19.4 Å². The van der Waals surface area contributed by atoms with Gasteiger partial charge in [0.15, 0.2) is 0 Å². The highest BCUT2D eigenvalue weighted by atomic mass is 35.5. The standard InChI is InChI=1S/C15H21Cl2N3O/c16-13-9-14(17)15(18-10-13)20-3-1-12(2-4-20)11-19-5-7-21-8-6-19/h9-10,12H,1-8,11H2. The fourth-order valence-electron chi connectivity index (χ4n) is 3.12. The molecule has 2 saturated heterocycles. The zero-order valence-electron chi connectivity index (χ0n) is 12.1. The summed E-state index contributed by atoms with van der Waals surface area (Å²) < 4.78 is 5.40. The molecule has 0 amide bonds. The molecule has 0 N–H and O–H groups in total. The number of aromatic nitrogens is 1.